The van der Waals surface area contributed by atoms with E-state index in [-0.39, 0.29) is 25.7 Å². The summed E-state index contributed by atoms with van der Waals surface area (Å²) in [6.07, 6.45) is 60.8. The van der Waals surface area contributed by atoms with Crippen LogP contribution in [0.25, 0.3) is 0 Å². The van der Waals surface area contributed by atoms with Crippen LogP contribution < -0.4 is 0 Å². The molecule has 0 fully saturated rings. The van der Waals surface area contributed by atoms with Crippen molar-refractivity contribution in [2.75, 3.05) is 39.6 Å². The first-order valence-electron chi connectivity index (χ1n) is 39.9. The molecule has 97 heavy (non-hydrogen) atoms. The second-order valence-electron chi connectivity index (χ2n) is 27.9. The van der Waals surface area contributed by atoms with Gasteiger partial charge in [0, 0.05) is 25.7 Å². The van der Waals surface area contributed by atoms with Gasteiger partial charge in [0.15, 0.2) is 12.2 Å². The van der Waals surface area contributed by atoms with E-state index in [1.165, 1.54) is 173 Å². The second kappa shape index (κ2) is 69.3. The molecule has 0 rings (SSSR count). The lowest BCUT2D eigenvalue weighted by atomic mass is 10.00. The summed E-state index contributed by atoms with van der Waals surface area (Å²) < 4.78 is 68.5. The number of allylic oxidation sites excluding steroid dienone is 4. The van der Waals surface area contributed by atoms with Crippen molar-refractivity contribution in [2.45, 2.75) is 400 Å². The zero-order chi connectivity index (χ0) is 71.4. The fourth-order valence-corrected chi connectivity index (χ4v) is 13.0. The Balaban J connectivity index is 5.22. The zero-order valence-corrected chi connectivity index (χ0v) is 64.7. The molecule has 0 spiro atoms. The standard InChI is InChI=1S/C78H148O17P2/c1-7-11-13-15-17-19-21-23-25-26-27-28-29-30-31-33-35-37-39-41-50-56-62-77(82)94-73(66-88-75(80)60-54-48-40-38-36-34-32-24-22-20-18-16-14-12-8-2)68-92-96(84,85)90-64-72(79)65-91-97(86,87)93-69-74(95-78(83)63-57-51-45-43-47-53-59-71(6)10-4)67-89-76(81)61-55-49-44-42-46-52-58-70(5)9-3/h20,22,24,32,70-74,79H,7-19,21,23,25-31,33-69H2,1-6H3,(H,84,85)(H,86,87)/b22-20-,32-24-/t70?,71?,72-,73-,74-/m1/s1. The molecule has 7 atom stereocenters. The van der Waals surface area contributed by atoms with Crippen LogP contribution in [0, 0.1) is 11.8 Å². The van der Waals surface area contributed by atoms with Crippen molar-refractivity contribution in [1.82, 2.24) is 0 Å². The highest BCUT2D eigenvalue weighted by atomic mass is 31.2. The fourth-order valence-electron chi connectivity index (χ4n) is 11.4. The van der Waals surface area contributed by atoms with Crippen LogP contribution in [-0.2, 0) is 65.4 Å². The van der Waals surface area contributed by atoms with Gasteiger partial charge in [-0.15, -0.1) is 0 Å². The van der Waals surface area contributed by atoms with Crippen molar-refractivity contribution in [2.24, 2.45) is 11.8 Å². The molecule has 0 radical (unpaired) electrons. The molecular weight excluding hydrogens is 1270 g/mol. The number of aliphatic hydroxyl groups is 1. The van der Waals surface area contributed by atoms with Gasteiger partial charge in [-0.05, 0) is 63.2 Å². The van der Waals surface area contributed by atoms with Crippen molar-refractivity contribution < 1.29 is 80.2 Å². The molecular formula is C78H148O17P2. The van der Waals surface area contributed by atoms with E-state index in [9.17, 15) is 43.2 Å². The highest BCUT2D eigenvalue weighted by Gasteiger charge is 2.30. The Hall–Kier alpha value is -2.46. The molecule has 0 aliphatic rings. The molecule has 0 aliphatic heterocycles. The van der Waals surface area contributed by atoms with Crippen LogP contribution >= 0.6 is 15.6 Å². The fraction of sp³-hybridized carbons (Fsp3) is 0.897. The SMILES string of the molecule is CCCCCC/C=C\C=C/CCCCCCCC(=O)OC[C@H](COP(=O)(O)OC[C@@H](O)COP(=O)(O)OC[C@@H](COC(=O)CCCCCCCCC(C)CC)OC(=O)CCCCCCCCC(C)CC)OC(=O)CCCCCCCCCCCCCCCCCCCCCCCC. The zero-order valence-electron chi connectivity index (χ0n) is 62.9. The Kier molecular flexibility index (Phi) is 67.5. The molecule has 0 heterocycles. The minimum Gasteiger partial charge on any atom is -0.462 e. The maximum atomic E-state index is 13.1. The molecule has 0 aromatic rings. The van der Waals surface area contributed by atoms with Gasteiger partial charge >= 0.3 is 39.5 Å². The van der Waals surface area contributed by atoms with Crippen molar-refractivity contribution in [3.8, 4) is 0 Å². The van der Waals surface area contributed by atoms with Crippen LogP contribution in [0.4, 0.5) is 0 Å². The summed E-state index contributed by atoms with van der Waals surface area (Å²) in [5.41, 5.74) is 0. The molecule has 0 bridgehead atoms. The third-order valence-corrected chi connectivity index (χ3v) is 20.2. The van der Waals surface area contributed by atoms with Crippen LogP contribution in [0.1, 0.15) is 382 Å². The van der Waals surface area contributed by atoms with E-state index in [0.717, 1.165) is 127 Å². The number of aliphatic hydroxyl groups excluding tert-OH is 1. The lowest BCUT2D eigenvalue weighted by molar-refractivity contribution is -0.161. The number of carbonyl (C=O) groups excluding carboxylic acids is 4. The summed E-state index contributed by atoms with van der Waals surface area (Å²) in [5, 5.41) is 10.6. The summed E-state index contributed by atoms with van der Waals surface area (Å²) in [6, 6.07) is 0. The van der Waals surface area contributed by atoms with Gasteiger partial charge < -0.3 is 33.8 Å². The molecule has 0 aliphatic carbocycles. The van der Waals surface area contributed by atoms with Crippen LogP contribution in [0.3, 0.4) is 0 Å². The van der Waals surface area contributed by atoms with Crippen LogP contribution in [0.2, 0.25) is 0 Å². The highest BCUT2D eigenvalue weighted by Crippen LogP contribution is 2.45. The number of unbranched alkanes of at least 4 members (excludes halogenated alkanes) is 40. The summed E-state index contributed by atoms with van der Waals surface area (Å²) in [7, 11) is -9.92. The monoisotopic (exact) mass is 1420 g/mol. The molecule has 0 saturated carbocycles. The van der Waals surface area contributed by atoms with Gasteiger partial charge in [0.25, 0.3) is 0 Å². The molecule has 0 saturated heterocycles. The van der Waals surface area contributed by atoms with Gasteiger partial charge in [-0.25, -0.2) is 9.13 Å². The Morgan fingerprint density at radius 2 is 0.577 bits per heavy atom. The van der Waals surface area contributed by atoms with Gasteiger partial charge in [-0.1, -0.05) is 329 Å². The van der Waals surface area contributed by atoms with Crippen molar-refractivity contribution in [3.05, 3.63) is 24.3 Å². The number of hydrogen-bond acceptors (Lipinski definition) is 15. The predicted octanol–water partition coefficient (Wildman–Crippen LogP) is 22.7. The molecule has 3 N–H and O–H groups in total. The normalized spacial score (nSPS) is 14.7. The van der Waals surface area contributed by atoms with Gasteiger partial charge in [0.2, 0.25) is 0 Å². The Morgan fingerprint density at radius 3 is 0.876 bits per heavy atom. The lowest BCUT2D eigenvalue weighted by Crippen LogP contribution is -2.30. The Labute approximate surface area is 592 Å². The first kappa shape index (κ1) is 94.5. The molecule has 19 heteroatoms. The van der Waals surface area contributed by atoms with Gasteiger partial charge in [-0.3, -0.25) is 37.3 Å². The number of carbonyl (C=O) groups is 4. The average Bonchev–Trinajstić information content (AvgIpc) is 1.16. The Morgan fingerprint density at radius 1 is 0.330 bits per heavy atom. The number of ether oxygens (including phenoxy) is 4. The third-order valence-electron chi connectivity index (χ3n) is 18.3. The molecule has 4 unspecified atom stereocenters. The summed E-state index contributed by atoms with van der Waals surface area (Å²) >= 11 is 0. The largest absolute Gasteiger partial charge is 0.472 e. The van der Waals surface area contributed by atoms with E-state index in [4.69, 9.17) is 37.0 Å². The number of rotatable bonds is 75. The van der Waals surface area contributed by atoms with Crippen LogP contribution in [0.15, 0.2) is 24.3 Å². The van der Waals surface area contributed by atoms with Gasteiger partial charge in [0.1, 0.15) is 19.3 Å². The van der Waals surface area contributed by atoms with Gasteiger partial charge in [0.05, 0.1) is 26.4 Å². The number of esters is 4. The smallest absolute Gasteiger partial charge is 0.462 e. The number of phosphoric ester groups is 2. The van der Waals surface area contributed by atoms with E-state index in [2.05, 4.69) is 65.8 Å². The third kappa shape index (κ3) is 69.1. The Bertz CT molecular complexity index is 1970. The van der Waals surface area contributed by atoms with Crippen LogP contribution in [0.5, 0.6) is 0 Å². The minimum atomic E-state index is -4.97. The predicted molar refractivity (Wildman–Crippen MR) is 395 cm³/mol. The van der Waals surface area contributed by atoms with Crippen molar-refractivity contribution >= 4 is 39.5 Å². The molecule has 572 valence electrons. The summed E-state index contributed by atoms with van der Waals surface area (Å²) in [5.74, 6) is -0.703. The average molecular weight is 1420 g/mol. The molecule has 17 nitrogen and oxygen atoms in total. The first-order valence-corrected chi connectivity index (χ1v) is 42.9. The number of hydrogen-bond donors (Lipinski definition) is 3. The van der Waals surface area contributed by atoms with Crippen molar-refractivity contribution in [1.29, 1.82) is 0 Å². The maximum absolute atomic E-state index is 13.1. The quantitative estimate of drug-likeness (QED) is 0.0169. The van der Waals surface area contributed by atoms with Crippen LogP contribution in [-0.4, -0.2) is 96.7 Å². The summed E-state index contributed by atoms with van der Waals surface area (Å²) in [4.78, 5) is 72.8. The number of phosphoric acid groups is 2. The van der Waals surface area contributed by atoms with E-state index in [1.807, 2.05) is 0 Å². The minimum absolute atomic E-state index is 0.0999. The lowest BCUT2D eigenvalue weighted by Gasteiger charge is -2.21. The topological polar surface area (TPSA) is 237 Å². The van der Waals surface area contributed by atoms with E-state index >= 15 is 0 Å². The van der Waals surface area contributed by atoms with E-state index in [1.54, 1.807) is 0 Å². The second-order valence-corrected chi connectivity index (χ2v) is 30.8. The highest BCUT2D eigenvalue weighted by molar-refractivity contribution is 7.47. The summed E-state index contributed by atoms with van der Waals surface area (Å²) in [6.45, 7) is 9.44. The van der Waals surface area contributed by atoms with E-state index < -0.39 is 97.5 Å². The molecule has 0 aromatic carbocycles. The van der Waals surface area contributed by atoms with E-state index in [0.29, 0.717) is 25.7 Å². The first-order chi connectivity index (χ1) is 46.9. The van der Waals surface area contributed by atoms with Gasteiger partial charge in [-0.2, -0.15) is 0 Å². The molecule has 0 aromatic heterocycles. The maximum Gasteiger partial charge on any atom is 0.472 e. The molecule has 0 amide bonds. The van der Waals surface area contributed by atoms with Crippen molar-refractivity contribution in [3.63, 3.8) is 0 Å².